The number of rotatable bonds is 1. The monoisotopic (exact) mass is 267 g/mol. The summed E-state index contributed by atoms with van der Waals surface area (Å²) in [6.07, 6.45) is 5.94. The molecule has 2 nitrogen and oxygen atoms in total. The molecule has 1 fully saturated rings. The van der Waals surface area contributed by atoms with Crippen LogP contribution in [0, 0.1) is 0 Å². The van der Waals surface area contributed by atoms with Gasteiger partial charge in [0.15, 0.2) is 5.78 Å². The minimum absolute atomic E-state index is 0.0656. The molecule has 0 aromatic carbocycles. The van der Waals surface area contributed by atoms with Crippen LogP contribution in [0.3, 0.4) is 0 Å². The van der Waals surface area contributed by atoms with Gasteiger partial charge in [0.2, 0.25) is 0 Å². The van der Waals surface area contributed by atoms with Gasteiger partial charge >= 0.3 is 0 Å². The lowest BCUT2D eigenvalue weighted by Crippen LogP contribution is -2.52. The first-order chi connectivity index (χ1) is 7.75. The highest BCUT2D eigenvalue weighted by atomic mass is 32.2. The van der Waals surface area contributed by atoms with Crippen molar-refractivity contribution in [3.8, 4) is 0 Å². The van der Waals surface area contributed by atoms with Gasteiger partial charge in [-0.25, -0.2) is 0 Å². The molecule has 0 radical (unpaired) electrons. The Morgan fingerprint density at radius 2 is 2.00 bits per heavy atom. The topological polar surface area (TPSA) is 29.1 Å². The third-order valence-electron chi connectivity index (χ3n) is 4.29. The fourth-order valence-electron chi connectivity index (χ4n) is 2.04. The van der Waals surface area contributed by atoms with Crippen LogP contribution in [0.5, 0.6) is 0 Å². The number of hydrogen-bond donors (Lipinski definition) is 1. The van der Waals surface area contributed by atoms with Crippen LogP contribution in [0.25, 0.3) is 0 Å². The predicted octanol–water partition coefficient (Wildman–Crippen LogP) is 3.09. The van der Waals surface area contributed by atoms with Gasteiger partial charge in [-0.3, -0.25) is 4.79 Å². The van der Waals surface area contributed by atoms with E-state index in [2.05, 4.69) is 45.3 Å². The van der Waals surface area contributed by atoms with Gasteiger partial charge in [-0.2, -0.15) is 0 Å². The van der Waals surface area contributed by atoms with Gasteiger partial charge < -0.3 is 5.32 Å². The van der Waals surface area contributed by atoms with E-state index < -0.39 is 8.07 Å². The lowest BCUT2D eigenvalue weighted by molar-refractivity contribution is -0.117. The van der Waals surface area contributed by atoms with E-state index in [1.54, 1.807) is 11.8 Å². The van der Waals surface area contributed by atoms with Gasteiger partial charge in [0, 0.05) is 4.91 Å². The van der Waals surface area contributed by atoms with E-state index in [1.807, 2.05) is 12.3 Å². The van der Waals surface area contributed by atoms with Crippen molar-refractivity contribution >= 4 is 25.6 Å². The Hall–Kier alpha value is -0.483. The fourth-order valence-corrected chi connectivity index (χ4v) is 7.36. The van der Waals surface area contributed by atoms with Crippen LogP contribution in [0.1, 0.15) is 20.8 Å². The molecule has 0 spiro atoms. The molecular formula is C13H21NOSSi. The van der Waals surface area contributed by atoms with E-state index in [1.165, 1.54) is 4.91 Å². The first kappa shape index (κ1) is 13.0. The molecule has 1 N–H and O–H groups in total. The molecule has 2 unspecified atom stereocenters. The molecule has 2 aliphatic heterocycles. The van der Waals surface area contributed by atoms with Gasteiger partial charge in [0.25, 0.3) is 0 Å². The van der Waals surface area contributed by atoms with Crippen molar-refractivity contribution in [1.82, 2.24) is 5.32 Å². The Morgan fingerprint density at radius 3 is 2.53 bits per heavy atom. The summed E-state index contributed by atoms with van der Waals surface area (Å²) in [5.74, 6) is 0.386. The predicted molar refractivity (Wildman–Crippen MR) is 77.7 cm³/mol. The Kier molecular flexibility index (Phi) is 3.07. The highest BCUT2D eigenvalue weighted by Crippen LogP contribution is 2.48. The van der Waals surface area contributed by atoms with Crippen LogP contribution in [-0.2, 0) is 4.79 Å². The zero-order chi connectivity index (χ0) is 12.8. The summed E-state index contributed by atoms with van der Waals surface area (Å²) in [6, 6.07) is -0.0656. The second-order valence-corrected chi connectivity index (χ2v) is 13.5. The molecule has 2 rings (SSSR count). The number of ketones is 1. The van der Waals surface area contributed by atoms with E-state index in [-0.39, 0.29) is 16.0 Å². The first-order valence-corrected chi connectivity index (χ1v) is 10.0. The van der Waals surface area contributed by atoms with E-state index in [4.69, 9.17) is 0 Å². The molecule has 2 atom stereocenters. The van der Waals surface area contributed by atoms with Gasteiger partial charge in [0.05, 0.1) is 12.9 Å². The van der Waals surface area contributed by atoms with Crippen LogP contribution in [-0.4, -0.2) is 24.8 Å². The third-order valence-corrected chi connectivity index (χ3v) is 13.0. The molecule has 0 aromatic rings. The maximum atomic E-state index is 12.5. The number of carbonyl (C=O) groups excluding carboxylic acids is 1. The van der Waals surface area contributed by atoms with Crippen molar-refractivity contribution in [2.75, 3.05) is 0 Å². The van der Waals surface area contributed by atoms with Crippen molar-refractivity contribution < 1.29 is 4.79 Å². The number of thioether (sulfide) groups is 1. The summed E-state index contributed by atoms with van der Waals surface area (Å²) in [7, 11) is -1.62. The lowest BCUT2D eigenvalue weighted by atomic mass is 10.1. The van der Waals surface area contributed by atoms with Crippen LogP contribution in [0.15, 0.2) is 23.3 Å². The number of fused-ring (bicyclic) bond motifs is 1. The molecule has 4 heteroatoms. The zero-order valence-corrected chi connectivity index (χ0v) is 13.0. The van der Waals surface area contributed by atoms with Crippen LogP contribution in [0.2, 0.25) is 18.1 Å². The van der Waals surface area contributed by atoms with Crippen molar-refractivity contribution in [2.45, 2.75) is 49.8 Å². The zero-order valence-electron chi connectivity index (χ0n) is 11.2. The largest absolute Gasteiger partial charge is 0.377 e. The number of Topliss-reactive ketones (excluding diaryl/α,β-unsaturated/α-hetero) is 1. The minimum atomic E-state index is -1.62. The van der Waals surface area contributed by atoms with Gasteiger partial charge in [-0.05, 0) is 23.4 Å². The smallest absolute Gasteiger partial charge is 0.170 e. The number of dihydropyridines is 1. The highest BCUT2D eigenvalue weighted by molar-refractivity contribution is 8.06. The van der Waals surface area contributed by atoms with E-state index in [0.29, 0.717) is 5.78 Å². The normalized spacial score (nSPS) is 28.8. The molecular weight excluding hydrogens is 246 g/mol. The summed E-state index contributed by atoms with van der Waals surface area (Å²) in [5, 5.41) is 3.44. The highest BCUT2D eigenvalue weighted by Gasteiger charge is 2.52. The molecule has 0 aromatic heterocycles. The minimum Gasteiger partial charge on any atom is -0.377 e. The van der Waals surface area contributed by atoms with E-state index in [9.17, 15) is 4.79 Å². The number of hydrogen-bond acceptors (Lipinski definition) is 3. The summed E-state index contributed by atoms with van der Waals surface area (Å²) in [5.41, 5.74) is 0. The number of nitrogens with one attached hydrogen (secondary N) is 1. The molecule has 1 saturated heterocycles. The Labute approximate surface area is 109 Å². The van der Waals surface area contributed by atoms with E-state index >= 15 is 0 Å². The van der Waals surface area contributed by atoms with Crippen molar-refractivity contribution in [3.63, 3.8) is 0 Å². The molecule has 0 bridgehead atoms. The van der Waals surface area contributed by atoms with Gasteiger partial charge in [-0.1, -0.05) is 33.9 Å². The lowest BCUT2D eigenvalue weighted by Gasteiger charge is -2.40. The quantitative estimate of drug-likeness (QED) is 0.740. The summed E-state index contributed by atoms with van der Waals surface area (Å²) in [4.78, 5) is 13.9. The molecule has 2 aliphatic rings. The first-order valence-electron chi connectivity index (χ1n) is 6.08. The van der Waals surface area contributed by atoms with Gasteiger partial charge in [-0.15, -0.1) is 11.8 Å². The van der Waals surface area contributed by atoms with Crippen molar-refractivity contribution in [1.29, 1.82) is 0 Å². The summed E-state index contributed by atoms with van der Waals surface area (Å²) < 4.78 is 0. The van der Waals surface area contributed by atoms with Crippen molar-refractivity contribution in [2.24, 2.45) is 0 Å². The maximum Gasteiger partial charge on any atom is 0.170 e. The average molecular weight is 267 g/mol. The molecule has 0 aliphatic carbocycles. The second kappa shape index (κ2) is 4.02. The maximum absolute atomic E-state index is 12.5. The molecule has 0 saturated carbocycles. The Bertz CT molecular complexity index is 406. The average Bonchev–Trinajstić information content (AvgIpc) is 2.56. The molecule has 17 heavy (non-hydrogen) atoms. The molecule has 94 valence electrons. The SMILES string of the molecule is CC(C)(C)[Si](C)(C)C1SC2=CC=CNC2C1=O. The van der Waals surface area contributed by atoms with Crippen LogP contribution >= 0.6 is 11.8 Å². The van der Waals surface area contributed by atoms with E-state index in [0.717, 1.165) is 0 Å². The number of carbonyl (C=O) groups is 1. The Balaban J connectivity index is 2.29. The van der Waals surface area contributed by atoms with Crippen LogP contribution in [0.4, 0.5) is 0 Å². The number of allylic oxidation sites excluding steroid dienone is 2. The molecule has 2 heterocycles. The van der Waals surface area contributed by atoms with Crippen LogP contribution < -0.4 is 5.32 Å². The summed E-state index contributed by atoms with van der Waals surface area (Å²) >= 11 is 1.80. The fraction of sp³-hybridized carbons (Fsp3) is 0.615. The standard InChI is InChI=1S/C13H21NOSSi/c1-13(2,3)17(4,5)12-11(15)10-9(16-12)7-6-8-14-10/h6-8,10,12,14H,1-5H3. The van der Waals surface area contributed by atoms with Crippen molar-refractivity contribution in [3.05, 3.63) is 23.3 Å². The third kappa shape index (κ3) is 2.01. The second-order valence-electron chi connectivity index (χ2n) is 6.40. The Morgan fingerprint density at radius 1 is 1.35 bits per heavy atom. The van der Waals surface area contributed by atoms with Gasteiger partial charge in [0.1, 0.15) is 6.04 Å². The summed E-state index contributed by atoms with van der Waals surface area (Å²) in [6.45, 7) is 11.5. The molecule has 0 amide bonds.